The van der Waals surface area contributed by atoms with E-state index in [1.165, 1.54) is 11.0 Å². The molecule has 6 heteroatoms. The van der Waals surface area contributed by atoms with Crippen molar-refractivity contribution in [2.45, 2.75) is 13.8 Å². The summed E-state index contributed by atoms with van der Waals surface area (Å²) in [6.45, 7) is 3.36. The molecule has 0 aliphatic rings. The van der Waals surface area contributed by atoms with Gasteiger partial charge in [0.2, 0.25) is 0 Å². The Bertz CT molecular complexity index is 533. The maximum absolute atomic E-state index is 11.0. The lowest BCUT2D eigenvalue weighted by molar-refractivity contribution is 0.0695. The van der Waals surface area contributed by atoms with Gasteiger partial charge in [0.05, 0.1) is 11.4 Å². The quantitative estimate of drug-likeness (QED) is 0.812. The van der Waals surface area contributed by atoms with Crippen molar-refractivity contribution in [1.29, 1.82) is 0 Å². The average Bonchev–Trinajstić information content (AvgIpc) is 2.55. The van der Waals surface area contributed by atoms with Crippen molar-refractivity contribution in [3.8, 4) is 5.82 Å². The van der Waals surface area contributed by atoms with E-state index in [0.29, 0.717) is 17.2 Å². The number of aryl methyl sites for hydroxylation is 1. The van der Waals surface area contributed by atoms with Crippen molar-refractivity contribution in [3.63, 3.8) is 0 Å². The van der Waals surface area contributed by atoms with Crippen molar-refractivity contribution in [2.75, 3.05) is 0 Å². The van der Waals surface area contributed by atoms with E-state index in [0.717, 1.165) is 0 Å². The summed E-state index contributed by atoms with van der Waals surface area (Å²) in [4.78, 5) is 18.8. The summed E-state index contributed by atoms with van der Waals surface area (Å²) in [6.07, 6.45) is 2.98. The van der Waals surface area contributed by atoms with E-state index in [9.17, 15) is 4.79 Å². The van der Waals surface area contributed by atoms with Crippen LogP contribution in [0.3, 0.4) is 0 Å². The molecule has 0 atom stereocenters. The molecule has 0 aromatic carbocycles. The van der Waals surface area contributed by atoms with Gasteiger partial charge in [0.25, 0.3) is 0 Å². The van der Waals surface area contributed by atoms with E-state index in [1.54, 1.807) is 26.1 Å². The van der Waals surface area contributed by atoms with Gasteiger partial charge in [-0.3, -0.25) is 0 Å². The lowest BCUT2D eigenvalue weighted by Gasteiger charge is -2.01. The molecule has 6 nitrogen and oxygen atoms in total. The number of rotatable bonds is 2. The highest BCUT2D eigenvalue weighted by Gasteiger charge is 2.18. The number of nitrogens with zero attached hydrogens (tertiary/aromatic N) is 4. The van der Waals surface area contributed by atoms with Crippen LogP contribution >= 0.6 is 0 Å². The molecule has 0 amide bonds. The zero-order valence-corrected chi connectivity index (χ0v) is 8.88. The van der Waals surface area contributed by atoms with Gasteiger partial charge in [-0.1, -0.05) is 0 Å². The fraction of sp³-hybridized carbons (Fsp3) is 0.200. The molecule has 2 aromatic rings. The molecule has 2 aromatic heterocycles. The van der Waals surface area contributed by atoms with Crippen LogP contribution < -0.4 is 0 Å². The number of carboxylic acids is 1. The molecular formula is C10H10N4O2. The summed E-state index contributed by atoms with van der Waals surface area (Å²) in [5.41, 5.74) is 1.26. The Balaban J connectivity index is 2.61. The summed E-state index contributed by atoms with van der Waals surface area (Å²) in [5, 5.41) is 13.2. The topological polar surface area (TPSA) is 80.9 Å². The molecule has 0 radical (unpaired) electrons. The molecular weight excluding hydrogens is 208 g/mol. The third-order valence-corrected chi connectivity index (χ3v) is 2.29. The van der Waals surface area contributed by atoms with Crippen molar-refractivity contribution < 1.29 is 9.90 Å². The van der Waals surface area contributed by atoms with Crippen molar-refractivity contribution in [3.05, 3.63) is 35.5 Å². The lowest BCUT2D eigenvalue weighted by Crippen LogP contribution is -2.04. The highest BCUT2D eigenvalue weighted by atomic mass is 16.4. The fourth-order valence-corrected chi connectivity index (χ4v) is 1.58. The molecule has 1 N–H and O–H groups in total. The van der Waals surface area contributed by atoms with Gasteiger partial charge in [0.15, 0.2) is 5.82 Å². The van der Waals surface area contributed by atoms with Crippen LogP contribution in [-0.4, -0.2) is 30.8 Å². The molecule has 0 aliphatic carbocycles. The van der Waals surface area contributed by atoms with Gasteiger partial charge in [-0.2, -0.15) is 5.10 Å². The molecule has 16 heavy (non-hydrogen) atoms. The normalized spacial score (nSPS) is 10.4. The monoisotopic (exact) mass is 218 g/mol. The van der Waals surface area contributed by atoms with Crippen LogP contribution in [0.15, 0.2) is 18.6 Å². The maximum Gasteiger partial charge on any atom is 0.339 e. The third kappa shape index (κ3) is 1.54. The van der Waals surface area contributed by atoms with Gasteiger partial charge in [-0.25, -0.2) is 19.4 Å². The molecule has 0 saturated carbocycles. The Morgan fingerprint density at radius 1 is 1.44 bits per heavy atom. The first-order valence-corrected chi connectivity index (χ1v) is 4.67. The van der Waals surface area contributed by atoms with Gasteiger partial charge in [0.1, 0.15) is 11.9 Å². The molecule has 0 aliphatic heterocycles. The van der Waals surface area contributed by atoms with Gasteiger partial charge < -0.3 is 5.11 Å². The standard InChI is InChI=1S/C10H10N4O2/c1-6-9(10(15)16)7(2)14(13-6)8-3-4-11-5-12-8/h3-5H,1-2H3,(H,15,16). The van der Waals surface area contributed by atoms with E-state index in [1.807, 2.05) is 0 Å². The molecule has 82 valence electrons. The highest BCUT2D eigenvalue weighted by Crippen LogP contribution is 2.15. The van der Waals surface area contributed by atoms with Crippen LogP contribution in [0.2, 0.25) is 0 Å². The smallest absolute Gasteiger partial charge is 0.339 e. The fourth-order valence-electron chi connectivity index (χ4n) is 1.58. The zero-order valence-electron chi connectivity index (χ0n) is 8.88. The predicted octanol–water partition coefficient (Wildman–Crippen LogP) is 0.977. The number of aromatic carboxylic acids is 1. The minimum atomic E-state index is -0.977. The summed E-state index contributed by atoms with van der Waals surface area (Å²) < 4.78 is 1.50. The summed E-state index contributed by atoms with van der Waals surface area (Å²) >= 11 is 0. The average molecular weight is 218 g/mol. The van der Waals surface area contributed by atoms with Gasteiger partial charge in [0, 0.05) is 12.3 Å². The molecule has 2 rings (SSSR count). The van der Waals surface area contributed by atoms with E-state index in [2.05, 4.69) is 15.1 Å². The first-order chi connectivity index (χ1) is 7.61. The highest BCUT2D eigenvalue weighted by molar-refractivity contribution is 5.90. The van der Waals surface area contributed by atoms with E-state index >= 15 is 0 Å². The van der Waals surface area contributed by atoms with E-state index in [-0.39, 0.29) is 5.56 Å². The first-order valence-electron chi connectivity index (χ1n) is 4.67. The Morgan fingerprint density at radius 3 is 2.69 bits per heavy atom. The molecule has 2 heterocycles. The number of hydrogen-bond donors (Lipinski definition) is 1. The summed E-state index contributed by atoms with van der Waals surface area (Å²) in [6, 6.07) is 1.67. The lowest BCUT2D eigenvalue weighted by atomic mass is 10.2. The Hall–Kier alpha value is -2.24. The van der Waals surface area contributed by atoms with Crippen LogP contribution in [0, 0.1) is 13.8 Å². The number of carboxylic acid groups (broad SMARTS) is 1. The minimum Gasteiger partial charge on any atom is -0.478 e. The van der Waals surface area contributed by atoms with E-state index < -0.39 is 5.97 Å². The maximum atomic E-state index is 11.0. The number of aromatic nitrogens is 4. The van der Waals surface area contributed by atoms with Gasteiger partial charge in [-0.05, 0) is 13.8 Å². The van der Waals surface area contributed by atoms with Crippen LogP contribution in [0.4, 0.5) is 0 Å². The molecule has 0 saturated heterocycles. The summed E-state index contributed by atoms with van der Waals surface area (Å²) in [5.74, 6) is -0.418. The van der Waals surface area contributed by atoms with Crippen LogP contribution in [-0.2, 0) is 0 Å². The Morgan fingerprint density at radius 2 is 2.19 bits per heavy atom. The Kier molecular flexibility index (Phi) is 2.40. The zero-order chi connectivity index (χ0) is 11.7. The number of carbonyl (C=O) groups is 1. The molecule has 0 fully saturated rings. The van der Waals surface area contributed by atoms with Crippen LogP contribution in [0.1, 0.15) is 21.7 Å². The van der Waals surface area contributed by atoms with Crippen molar-refractivity contribution >= 4 is 5.97 Å². The summed E-state index contributed by atoms with van der Waals surface area (Å²) in [7, 11) is 0. The SMILES string of the molecule is Cc1nn(-c2ccncn2)c(C)c1C(=O)O. The predicted molar refractivity (Wildman–Crippen MR) is 55.6 cm³/mol. The number of hydrogen-bond acceptors (Lipinski definition) is 4. The second kappa shape index (κ2) is 3.73. The first kappa shape index (κ1) is 10.3. The molecule has 0 spiro atoms. The molecule has 0 unspecified atom stereocenters. The largest absolute Gasteiger partial charge is 0.478 e. The van der Waals surface area contributed by atoms with Crippen molar-refractivity contribution in [1.82, 2.24) is 19.7 Å². The third-order valence-electron chi connectivity index (χ3n) is 2.29. The second-order valence-corrected chi connectivity index (χ2v) is 3.33. The Labute approximate surface area is 91.6 Å². The van der Waals surface area contributed by atoms with E-state index in [4.69, 9.17) is 5.11 Å². The van der Waals surface area contributed by atoms with Crippen LogP contribution in [0.5, 0.6) is 0 Å². The van der Waals surface area contributed by atoms with Crippen LogP contribution in [0.25, 0.3) is 5.82 Å². The van der Waals surface area contributed by atoms with Gasteiger partial charge in [-0.15, -0.1) is 0 Å². The minimum absolute atomic E-state index is 0.221. The second-order valence-electron chi connectivity index (χ2n) is 3.33. The van der Waals surface area contributed by atoms with Gasteiger partial charge >= 0.3 is 5.97 Å². The van der Waals surface area contributed by atoms with Crippen molar-refractivity contribution in [2.24, 2.45) is 0 Å². The molecule has 0 bridgehead atoms.